The Hall–Kier alpha value is -3.34. The Morgan fingerprint density at radius 3 is 2.65 bits per heavy atom. The molecule has 0 radical (unpaired) electrons. The van der Waals surface area contributed by atoms with E-state index in [4.69, 9.17) is 4.42 Å². The Balaban J connectivity index is 1.65. The zero-order chi connectivity index (χ0) is 15.8. The van der Waals surface area contributed by atoms with Crippen LogP contribution in [0.15, 0.2) is 69.9 Å². The molecule has 2 N–H and O–H groups in total. The number of oxazole rings is 1. The highest BCUT2D eigenvalue weighted by molar-refractivity contribution is 6.06. The van der Waals surface area contributed by atoms with Crippen molar-refractivity contribution in [1.29, 1.82) is 0 Å². The summed E-state index contributed by atoms with van der Waals surface area (Å²) in [4.78, 5) is 26.1. The van der Waals surface area contributed by atoms with E-state index in [0.717, 1.165) is 10.8 Å². The molecule has 0 bridgehead atoms. The van der Waals surface area contributed by atoms with Crippen molar-refractivity contribution in [2.45, 2.75) is 0 Å². The summed E-state index contributed by atoms with van der Waals surface area (Å²) in [6.07, 6.45) is 0. The lowest BCUT2D eigenvalue weighted by Gasteiger charge is -2.06. The third-order valence-electron chi connectivity index (χ3n) is 3.69. The molecule has 112 valence electrons. The molecule has 23 heavy (non-hydrogen) atoms. The summed E-state index contributed by atoms with van der Waals surface area (Å²) in [5.41, 5.74) is 2.17. The Labute approximate surface area is 130 Å². The Kier molecular flexibility index (Phi) is 2.98. The molecule has 0 aliphatic heterocycles. The first-order chi connectivity index (χ1) is 11.2. The molecule has 5 heteroatoms. The Morgan fingerprint density at radius 1 is 0.957 bits per heavy atom. The van der Waals surface area contributed by atoms with Crippen molar-refractivity contribution < 1.29 is 9.21 Å². The third-order valence-corrected chi connectivity index (χ3v) is 3.69. The van der Waals surface area contributed by atoms with E-state index in [-0.39, 0.29) is 5.91 Å². The standard InChI is InChI=1S/C18H12N2O3/c21-17(13-6-5-11-3-1-2-4-12(11)9-13)19-14-7-8-16-15(10-14)20-18(22)23-16/h1-10H,(H,19,21)(H,20,22). The van der Waals surface area contributed by atoms with E-state index >= 15 is 0 Å². The van der Waals surface area contributed by atoms with Crippen molar-refractivity contribution in [3.63, 3.8) is 0 Å². The smallest absolute Gasteiger partial charge is 0.408 e. The molecule has 0 fully saturated rings. The van der Waals surface area contributed by atoms with Gasteiger partial charge in [0.15, 0.2) is 5.58 Å². The molecule has 0 atom stereocenters. The van der Waals surface area contributed by atoms with Gasteiger partial charge in [0.05, 0.1) is 5.52 Å². The number of H-pyrrole nitrogens is 1. The minimum absolute atomic E-state index is 0.207. The van der Waals surface area contributed by atoms with Crippen LogP contribution in [-0.2, 0) is 0 Å². The van der Waals surface area contributed by atoms with Gasteiger partial charge in [0, 0.05) is 11.3 Å². The zero-order valence-corrected chi connectivity index (χ0v) is 12.0. The number of nitrogens with one attached hydrogen (secondary N) is 2. The van der Waals surface area contributed by atoms with Gasteiger partial charge in [-0.2, -0.15) is 0 Å². The first-order valence-electron chi connectivity index (χ1n) is 7.12. The van der Waals surface area contributed by atoms with Crippen molar-refractivity contribution in [2.24, 2.45) is 0 Å². The minimum Gasteiger partial charge on any atom is -0.408 e. The van der Waals surface area contributed by atoms with E-state index in [2.05, 4.69) is 10.3 Å². The molecule has 0 spiro atoms. The fraction of sp³-hybridized carbons (Fsp3) is 0. The number of carbonyl (C=O) groups is 1. The van der Waals surface area contributed by atoms with E-state index in [0.29, 0.717) is 22.4 Å². The first-order valence-corrected chi connectivity index (χ1v) is 7.12. The molecule has 0 saturated heterocycles. The molecule has 0 aliphatic carbocycles. The van der Waals surface area contributed by atoms with Crippen molar-refractivity contribution in [1.82, 2.24) is 4.98 Å². The maximum atomic E-state index is 12.4. The van der Waals surface area contributed by atoms with Crippen molar-refractivity contribution >= 4 is 33.5 Å². The molecule has 1 heterocycles. The maximum Gasteiger partial charge on any atom is 0.417 e. The predicted molar refractivity (Wildman–Crippen MR) is 88.7 cm³/mol. The molecule has 4 aromatic rings. The van der Waals surface area contributed by atoms with Crippen LogP contribution in [0.1, 0.15) is 10.4 Å². The largest absolute Gasteiger partial charge is 0.417 e. The fourth-order valence-corrected chi connectivity index (χ4v) is 2.56. The van der Waals surface area contributed by atoms with E-state index in [1.165, 1.54) is 0 Å². The number of aromatic amines is 1. The monoisotopic (exact) mass is 304 g/mol. The second kappa shape index (κ2) is 5.14. The molecule has 0 aliphatic rings. The van der Waals surface area contributed by atoms with E-state index < -0.39 is 5.76 Å². The molecule has 1 aromatic heterocycles. The molecule has 3 aromatic carbocycles. The van der Waals surface area contributed by atoms with Crippen LogP contribution in [0.25, 0.3) is 21.9 Å². The molecular formula is C18H12N2O3. The number of benzene rings is 3. The summed E-state index contributed by atoms with van der Waals surface area (Å²) >= 11 is 0. The number of rotatable bonds is 2. The highest BCUT2D eigenvalue weighted by Crippen LogP contribution is 2.19. The minimum atomic E-state index is -0.516. The number of anilines is 1. The van der Waals surface area contributed by atoms with Crippen LogP contribution in [0, 0.1) is 0 Å². The van der Waals surface area contributed by atoms with E-state index in [1.807, 2.05) is 36.4 Å². The lowest BCUT2D eigenvalue weighted by molar-refractivity contribution is 0.102. The van der Waals surface area contributed by atoms with Gasteiger partial charge >= 0.3 is 5.76 Å². The summed E-state index contributed by atoms with van der Waals surface area (Å²) < 4.78 is 4.94. The van der Waals surface area contributed by atoms with Crippen molar-refractivity contribution in [3.8, 4) is 0 Å². The molecule has 0 unspecified atom stereocenters. The number of amides is 1. The summed E-state index contributed by atoms with van der Waals surface area (Å²) in [5.74, 6) is -0.723. The Morgan fingerprint density at radius 2 is 1.78 bits per heavy atom. The highest BCUT2D eigenvalue weighted by Gasteiger charge is 2.08. The van der Waals surface area contributed by atoms with Crippen molar-refractivity contribution in [2.75, 3.05) is 5.32 Å². The highest BCUT2D eigenvalue weighted by atomic mass is 16.4. The van der Waals surface area contributed by atoms with Crippen LogP contribution in [-0.4, -0.2) is 10.9 Å². The summed E-state index contributed by atoms with van der Waals surface area (Å²) in [7, 11) is 0. The van der Waals surface area contributed by atoms with Crippen LogP contribution in [0.5, 0.6) is 0 Å². The second-order valence-electron chi connectivity index (χ2n) is 5.24. The van der Waals surface area contributed by atoms with E-state index in [1.54, 1.807) is 24.3 Å². The van der Waals surface area contributed by atoms with Crippen LogP contribution in [0.2, 0.25) is 0 Å². The average molecular weight is 304 g/mol. The van der Waals surface area contributed by atoms with Gasteiger partial charge in [-0.05, 0) is 41.1 Å². The lowest BCUT2D eigenvalue weighted by atomic mass is 10.1. The van der Waals surface area contributed by atoms with Gasteiger partial charge in [-0.1, -0.05) is 30.3 Å². The molecule has 5 nitrogen and oxygen atoms in total. The second-order valence-corrected chi connectivity index (χ2v) is 5.24. The lowest BCUT2D eigenvalue weighted by Crippen LogP contribution is -2.11. The maximum absolute atomic E-state index is 12.4. The van der Waals surface area contributed by atoms with Crippen LogP contribution in [0.3, 0.4) is 0 Å². The summed E-state index contributed by atoms with van der Waals surface area (Å²) in [6, 6.07) is 18.4. The van der Waals surface area contributed by atoms with Crippen LogP contribution >= 0.6 is 0 Å². The molecule has 4 rings (SSSR count). The number of hydrogen-bond acceptors (Lipinski definition) is 3. The number of hydrogen-bond donors (Lipinski definition) is 2. The number of aromatic nitrogens is 1. The molecule has 0 saturated carbocycles. The normalized spacial score (nSPS) is 11.0. The predicted octanol–water partition coefficient (Wildman–Crippen LogP) is 3.53. The van der Waals surface area contributed by atoms with Crippen LogP contribution in [0.4, 0.5) is 5.69 Å². The van der Waals surface area contributed by atoms with Gasteiger partial charge in [-0.15, -0.1) is 0 Å². The van der Waals surface area contributed by atoms with Crippen molar-refractivity contribution in [3.05, 3.63) is 76.8 Å². The fourth-order valence-electron chi connectivity index (χ4n) is 2.56. The van der Waals surface area contributed by atoms with Gasteiger partial charge in [0.2, 0.25) is 0 Å². The first kappa shape index (κ1) is 13.3. The molecular weight excluding hydrogens is 292 g/mol. The number of carbonyl (C=O) groups excluding carboxylic acids is 1. The average Bonchev–Trinajstić information content (AvgIpc) is 2.93. The van der Waals surface area contributed by atoms with Gasteiger partial charge < -0.3 is 9.73 Å². The van der Waals surface area contributed by atoms with Gasteiger partial charge in [0.25, 0.3) is 5.91 Å². The van der Waals surface area contributed by atoms with Gasteiger partial charge in [-0.3, -0.25) is 9.78 Å². The SMILES string of the molecule is O=C(Nc1ccc2oc(=O)[nH]c2c1)c1ccc2ccccc2c1. The Bertz CT molecular complexity index is 1090. The molecule has 1 amide bonds. The zero-order valence-electron chi connectivity index (χ0n) is 12.0. The number of fused-ring (bicyclic) bond motifs is 2. The van der Waals surface area contributed by atoms with E-state index in [9.17, 15) is 9.59 Å². The quantitative estimate of drug-likeness (QED) is 0.595. The van der Waals surface area contributed by atoms with Gasteiger partial charge in [-0.25, -0.2) is 4.79 Å². The summed E-state index contributed by atoms with van der Waals surface area (Å²) in [6.45, 7) is 0. The summed E-state index contributed by atoms with van der Waals surface area (Å²) in [5, 5.41) is 4.92. The third kappa shape index (κ3) is 2.48. The van der Waals surface area contributed by atoms with Crippen LogP contribution < -0.4 is 11.1 Å². The topological polar surface area (TPSA) is 75.1 Å². The van der Waals surface area contributed by atoms with Gasteiger partial charge in [0.1, 0.15) is 0 Å².